The van der Waals surface area contributed by atoms with Crippen molar-refractivity contribution in [1.82, 2.24) is 4.90 Å². The first-order valence-electron chi connectivity index (χ1n) is 7.80. The van der Waals surface area contributed by atoms with Gasteiger partial charge < -0.3 is 14.2 Å². The monoisotopic (exact) mass is 285 g/mol. The molecule has 20 heavy (non-hydrogen) atoms. The van der Waals surface area contributed by atoms with Crippen LogP contribution in [0.2, 0.25) is 0 Å². The molecule has 2 aliphatic rings. The van der Waals surface area contributed by atoms with Crippen LogP contribution in [0.25, 0.3) is 0 Å². The summed E-state index contributed by atoms with van der Waals surface area (Å²) in [4.78, 5) is 13.6. The Morgan fingerprint density at radius 3 is 2.30 bits per heavy atom. The third-order valence-electron chi connectivity index (χ3n) is 4.08. The van der Waals surface area contributed by atoms with Crippen LogP contribution in [-0.2, 0) is 19.0 Å². The van der Waals surface area contributed by atoms with Crippen molar-refractivity contribution >= 4 is 5.97 Å². The summed E-state index contributed by atoms with van der Waals surface area (Å²) in [5.74, 6) is -0.146. The molecule has 2 unspecified atom stereocenters. The van der Waals surface area contributed by atoms with Crippen molar-refractivity contribution in [3.63, 3.8) is 0 Å². The second-order valence-electron chi connectivity index (χ2n) is 5.71. The van der Waals surface area contributed by atoms with Gasteiger partial charge in [-0.3, -0.25) is 9.69 Å². The molecule has 0 spiro atoms. The first-order chi connectivity index (χ1) is 9.78. The van der Waals surface area contributed by atoms with Gasteiger partial charge in [0.15, 0.2) is 0 Å². The summed E-state index contributed by atoms with van der Waals surface area (Å²) in [6, 6.07) is 0. The van der Waals surface area contributed by atoms with Crippen molar-refractivity contribution in [2.45, 2.75) is 50.7 Å². The number of methoxy groups -OCH3 is 1. The van der Waals surface area contributed by atoms with Gasteiger partial charge in [0.2, 0.25) is 0 Å². The molecule has 0 saturated carbocycles. The molecule has 2 rings (SSSR count). The highest BCUT2D eigenvalue weighted by Crippen LogP contribution is 2.17. The van der Waals surface area contributed by atoms with E-state index in [4.69, 9.17) is 14.2 Å². The third-order valence-corrected chi connectivity index (χ3v) is 4.08. The van der Waals surface area contributed by atoms with Gasteiger partial charge in [-0.15, -0.1) is 0 Å². The van der Waals surface area contributed by atoms with Crippen LogP contribution >= 0.6 is 0 Å². The first kappa shape index (κ1) is 15.7. The number of ether oxygens (including phenoxy) is 3. The lowest BCUT2D eigenvalue weighted by atomic mass is 10.1. The molecule has 0 aromatic heterocycles. The van der Waals surface area contributed by atoms with Crippen LogP contribution < -0.4 is 0 Å². The largest absolute Gasteiger partial charge is 0.469 e. The van der Waals surface area contributed by atoms with E-state index in [2.05, 4.69) is 4.90 Å². The fourth-order valence-corrected chi connectivity index (χ4v) is 2.92. The van der Waals surface area contributed by atoms with Crippen LogP contribution in [0.3, 0.4) is 0 Å². The zero-order valence-corrected chi connectivity index (χ0v) is 12.5. The van der Waals surface area contributed by atoms with Gasteiger partial charge in [0.05, 0.1) is 25.7 Å². The molecule has 5 heteroatoms. The van der Waals surface area contributed by atoms with Crippen molar-refractivity contribution in [2.24, 2.45) is 0 Å². The van der Waals surface area contributed by atoms with Crippen LogP contribution in [0.4, 0.5) is 0 Å². The molecule has 2 heterocycles. The molecule has 0 N–H and O–H groups in total. The van der Waals surface area contributed by atoms with E-state index >= 15 is 0 Å². The molecule has 0 bridgehead atoms. The minimum Gasteiger partial charge on any atom is -0.469 e. The summed E-state index contributed by atoms with van der Waals surface area (Å²) in [5.41, 5.74) is 0. The Kier molecular flexibility index (Phi) is 6.76. The number of hydrogen-bond donors (Lipinski definition) is 0. The van der Waals surface area contributed by atoms with Crippen molar-refractivity contribution in [3.8, 4) is 0 Å². The lowest BCUT2D eigenvalue weighted by Crippen LogP contribution is -2.41. The van der Waals surface area contributed by atoms with Gasteiger partial charge >= 0.3 is 5.97 Å². The Balaban J connectivity index is 1.79. The maximum atomic E-state index is 11.3. The summed E-state index contributed by atoms with van der Waals surface area (Å²) in [6.45, 7) is 4.27. The van der Waals surface area contributed by atoms with E-state index in [0.29, 0.717) is 18.6 Å². The maximum absolute atomic E-state index is 11.3. The Morgan fingerprint density at radius 1 is 1.10 bits per heavy atom. The number of nitrogens with zero attached hydrogens (tertiary/aromatic N) is 1. The summed E-state index contributed by atoms with van der Waals surface area (Å²) in [5, 5.41) is 0. The van der Waals surface area contributed by atoms with Crippen LogP contribution in [0.5, 0.6) is 0 Å². The molecule has 116 valence electrons. The molecule has 0 aromatic rings. The molecular formula is C15H27NO4. The van der Waals surface area contributed by atoms with Gasteiger partial charge in [0, 0.05) is 32.8 Å². The molecular weight excluding hydrogens is 258 g/mol. The predicted molar refractivity (Wildman–Crippen MR) is 75.6 cm³/mol. The van der Waals surface area contributed by atoms with Gasteiger partial charge in [0.25, 0.3) is 0 Å². The van der Waals surface area contributed by atoms with Crippen molar-refractivity contribution < 1.29 is 19.0 Å². The number of rotatable bonds is 7. The molecule has 2 saturated heterocycles. The molecule has 2 atom stereocenters. The first-order valence-corrected chi connectivity index (χ1v) is 7.80. The zero-order valence-electron chi connectivity index (χ0n) is 12.5. The fraction of sp³-hybridized carbons (Fsp3) is 0.933. The number of carbonyl (C=O) groups excluding carboxylic acids is 1. The smallest absolute Gasteiger partial charge is 0.306 e. The Bertz CT molecular complexity index is 286. The molecule has 2 fully saturated rings. The quantitative estimate of drug-likeness (QED) is 0.665. The summed E-state index contributed by atoms with van der Waals surface area (Å²) >= 11 is 0. The van der Waals surface area contributed by atoms with Gasteiger partial charge in [-0.1, -0.05) is 0 Å². The second kappa shape index (κ2) is 8.60. The van der Waals surface area contributed by atoms with E-state index in [1.54, 1.807) is 0 Å². The van der Waals surface area contributed by atoms with Crippen LogP contribution in [0.1, 0.15) is 38.5 Å². The highest BCUT2D eigenvalue weighted by atomic mass is 16.5. The maximum Gasteiger partial charge on any atom is 0.306 e. The average molecular weight is 285 g/mol. The van der Waals surface area contributed by atoms with Crippen molar-refractivity contribution in [2.75, 3.05) is 40.0 Å². The highest BCUT2D eigenvalue weighted by Gasteiger charge is 2.23. The summed E-state index contributed by atoms with van der Waals surface area (Å²) in [6.07, 6.45) is 6.88. The van der Waals surface area contributed by atoms with Crippen molar-refractivity contribution in [3.05, 3.63) is 0 Å². The van der Waals surface area contributed by atoms with Crippen LogP contribution in [-0.4, -0.2) is 63.0 Å². The lowest BCUT2D eigenvalue weighted by Gasteiger charge is -2.31. The molecule has 0 aromatic carbocycles. The van der Waals surface area contributed by atoms with Gasteiger partial charge in [0.1, 0.15) is 0 Å². The molecule has 2 aliphatic heterocycles. The standard InChI is InChI=1S/C15H27NO4/c1-18-15(17)7-8-16(12-14-6-4-10-20-14)11-13-5-2-3-9-19-13/h13-14H,2-12H2,1H3. The lowest BCUT2D eigenvalue weighted by molar-refractivity contribution is -0.141. The highest BCUT2D eigenvalue weighted by molar-refractivity contribution is 5.69. The van der Waals surface area contributed by atoms with Crippen LogP contribution in [0.15, 0.2) is 0 Å². The Morgan fingerprint density at radius 2 is 1.75 bits per heavy atom. The van der Waals surface area contributed by atoms with Gasteiger partial charge in [-0.2, -0.15) is 0 Å². The van der Waals surface area contributed by atoms with Gasteiger partial charge in [-0.25, -0.2) is 0 Å². The second-order valence-corrected chi connectivity index (χ2v) is 5.71. The molecule has 0 aliphatic carbocycles. The minimum absolute atomic E-state index is 0.146. The predicted octanol–water partition coefficient (Wildman–Crippen LogP) is 1.60. The zero-order chi connectivity index (χ0) is 14.2. The fourth-order valence-electron chi connectivity index (χ4n) is 2.92. The number of hydrogen-bond acceptors (Lipinski definition) is 5. The Labute approximate surface area is 121 Å². The number of esters is 1. The third kappa shape index (κ3) is 5.38. The summed E-state index contributed by atoms with van der Waals surface area (Å²) < 4.78 is 16.2. The van der Waals surface area contributed by atoms with E-state index in [0.717, 1.165) is 52.1 Å². The van der Waals surface area contributed by atoms with E-state index < -0.39 is 0 Å². The topological polar surface area (TPSA) is 48.0 Å². The SMILES string of the molecule is COC(=O)CCN(CC1CCCCO1)CC1CCCO1. The molecule has 0 amide bonds. The normalized spacial score (nSPS) is 26.9. The van der Waals surface area contributed by atoms with Gasteiger partial charge in [-0.05, 0) is 32.1 Å². The molecule has 5 nitrogen and oxygen atoms in total. The van der Waals surface area contributed by atoms with Crippen molar-refractivity contribution in [1.29, 1.82) is 0 Å². The van der Waals surface area contributed by atoms with E-state index in [1.807, 2.05) is 0 Å². The minimum atomic E-state index is -0.146. The Hall–Kier alpha value is -0.650. The van der Waals surface area contributed by atoms with E-state index in [9.17, 15) is 4.79 Å². The molecule has 0 radical (unpaired) electrons. The number of carbonyl (C=O) groups is 1. The average Bonchev–Trinajstić information content (AvgIpc) is 2.98. The summed E-state index contributed by atoms with van der Waals surface area (Å²) in [7, 11) is 1.44. The van der Waals surface area contributed by atoms with Crippen LogP contribution in [0, 0.1) is 0 Å². The van der Waals surface area contributed by atoms with E-state index in [-0.39, 0.29) is 5.97 Å². The van der Waals surface area contributed by atoms with E-state index in [1.165, 1.54) is 20.0 Å².